The number of carbonyl (C=O) groups excluding carboxylic acids is 1. The second-order valence-electron chi connectivity index (χ2n) is 4.94. The van der Waals surface area contributed by atoms with Gasteiger partial charge in [0.25, 0.3) is 5.91 Å². The average molecular weight is 275 g/mol. The first-order chi connectivity index (χ1) is 9.63. The molecule has 2 aromatic heterocycles. The first-order valence-electron chi connectivity index (χ1n) is 7.03. The van der Waals surface area contributed by atoms with E-state index in [2.05, 4.69) is 34.5 Å². The maximum Gasteiger partial charge on any atom is 0.260 e. The Balaban J connectivity index is 2.01. The molecule has 6 heteroatoms. The SMILES string of the molecule is CCCC(C)c1cc(NC(=O)c2cnn(CC)c2)n[nH]1. The van der Waals surface area contributed by atoms with Gasteiger partial charge >= 0.3 is 0 Å². The summed E-state index contributed by atoms with van der Waals surface area (Å²) < 4.78 is 1.72. The van der Waals surface area contributed by atoms with Crippen molar-refractivity contribution < 1.29 is 4.79 Å². The number of carbonyl (C=O) groups is 1. The molecule has 2 aromatic rings. The number of H-pyrrole nitrogens is 1. The summed E-state index contributed by atoms with van der Waals surface area (Å²) in [7, 11) is 0. The van der Waals surface area contributed by atoms with Crippen molar-refractivity contribution in [3.05, 3.63) is 29.7 Å². The van der Waals surface area contributed by atoms with E-state index in [4.69, 9.17) is 0 Å². The van der Waals surface area contributed by atoms with Crippen molar-refractivity contribution in [2.45, 2.75) is 46.1 Å². The van der Waals surface area contributed by atoms with Gasteiger partial charge < -0.3 is 5.32 Å². The Morgan fingerprint density at radius 3 is 2.95 bits per heavy atom. The van der Waals surface area contributed by atoms with Gasteiger partial charge in [-0.25, -0.2) is 0 Å². The second kappa shape index (κ2) is 6.36. The van der Waals surface area contributed by atoms with Crippen molar-refractivity contribution in [3.8, 4) is 0 Å². The standard InChI is InChI=1S/C14H21N5O/c1-4-6-10(3)12-7-13(18-17-12)16-14(20)11-8-15-19(5-2)9-11/h7-10H,4-6H2,1-3H3,(H2,16,17,18,20). The molecule has 0 saturated heterocycles. The van der Waals surface area contributed by atoms with E-state index >= 15 is 0 Å². The number of aromatic nitrogens is 4. The second-order valence-corrected chi connectivity index (χ2v) is 4.94. The van der Waals surface area contributed by atoms with Gasteiger partial charge in [-0.1, -0.05) is 20.3 Å². The van der Waals surface area contributed by atoms with Gasteiger partial charge in [0.15, 0.2) is 5.82 Å². The Hall–Kier alpha value is -2.11. The third-order valence-electron chi connectivity index (χ3n) is 3.31. The number of nitrogens with zero attached hydrogens (tertiary/aromatic N) is 3. The molecule has 1 amide bonds. The number of nitrogens with one attached hydrogen (secondary N) is 2. The lowest BCUT2D eigenvalue weighted by Gasteiger charge is -2.05. The third-order valence-corrected chi connectivity index (χ3v) is 3.31. The zero-order valence-corrected chi connectivity index (χ0v) is 12.2. The molecule has 2 heterocycles. The van der Waals surface area contributed by atoms with Gasteiger partial charge in [0.05, 0.1) is 11.8 Å². The molecule has 0 aliphatic carbocycles. The number of hydrogen-bond donors (Lipinski definition) is 2. The van der Waals surface area contributed by atoms with E-state index in [1.54, 1.807) is 17.1 Å². The van der Waals surface area contributed by atoms with Crippen LogP contribution in [-0.2, 0) is 6.54 Å². The van der Waals surface area contributed by atoms with Gasteiger partial charge in [0.1, 0.15) is 0 Å². The fourth-order valence-corrected chi connectivity index (χ4v) is 2.08. The highest BCUT2D eigenvalue weighted by molar-refractivity contribution is 6.03. The van der Waals surface area contributed by atoms with E-state index in [9.17, 15) is 4.79 Å². The minimum absolute atomic E-state index is 0.189. The first kappa shape index (κ1) is 14.3. The predicted molar refractivity (Wildman–Crippen MR) is 77.8 cm³/mol. The van der Waals surface area contributed by atoms with E-state index in [0.29, 0.717) is 17.3 Å². The maximum absolute atomic E-state index is 12.0. The number of anilines is 1. The summed E-state index contributed by atoms with van der Waals surface area (Å²) >= 11 is 0. The molecule has 1 unspecified atom stereocenters. The molecule has 6 nitrogen and oxygen atoms in total. The van der Waals surface area contributed by atoms with Crippen LogP contribution in [-0.4, -0.2) is 25.9 Å². The van der Waals surface area contributed by atoms with Crippen LogP contribution in [0.3, 0.4) is 0 Å². The monoisotopic (exact) mass is 275 g/mol. The highest BCUT2D eigenvalue weighted by Crippen LogP contribution is 2.20. The maximum atomic E-state index is 12.0. The van der Waals surface area contributed by atoms with Gasteiger partial charge in [-0.3, -0.25) is 14.6 Å². The van der Waals surface area contributed by atoms with Crippen LogP contribution in [0.4, 0.5) is 5.82 Å². The predicted octanol–water partition coefficient (Wildman–Crippen LogP) is 2.78. The molecule has 0 aromatic carbocycles. The number of hydrogen-bond acceptors (Lipinski definition) is 3. The Morgan fingerprint density at radius 2 is 2.30 bits per heavy atom. The lowest BCUT2D eigenvalue weighted by atomic mass is 10.0. The van der Waals surface area contributed by atoms with E-state index in [0.717, 1.165) is 25.1 Å². The molecule has 2 N–H and O–H groups in total. The molecular weight excluding hydrogens is 254 g/mol. The minimum Gasteiger partial charge on any atom is -0.305 e. The van der Waals surface area contributed by atoms with E-state index < -0.39 is 0 Å². The van der Waals surface area contributed by atoms with Crippen molar-refractivity contribution in [2.75, 3.05) is 5.32 Å². The van der Waals surface area contributed by atoms with E-state index in [1.807, 2.05) is 13.0 Å². The average Bonchev–Trinajstić information content (AvgIpc) is 3.07. The molecule has 1 atom stereocenters. The lowest BCUT2D eigenvalue weighted by molar-refractivity contribution is 0.102. The first-order valence-corrected chi connectivity index (χ1v) is 7.03. The van der Waals surface area contributed by atoms with Crippen molar-refractivity contribution in [3.63, 3.8) is 0 Å². The van der Waals surface area contributed by atoms with Crippen LogP contribution >= 0.6 is 0 Å². The van der Waals surface area contributed by atoms with Crippen LogP contribution in [0.1, 0.15) is 55.6 Å². The lowest BCUT2D eigenvalue weighted by Crippen LogP contribution is -2.11. The minimum atomic E-state index is -0.189. The van der Waals surface area contributed by atoms with Crippen LogP contribution in [0, 0.1) is 0 Å². The molecule has 0 spiro atoms. The van der Waals surface area contributed by atoms with Crippen LogP contribution in [0.25, 0.3) is 0 Å². The summed E-state index contributed by atoms with van der Waals surface area (Å²) in [5.74, 6) is 0.782. The quantitative estimate of drug-likeness (QED) is 0.851. The number of amides is 1. The summed E-state index contributed by atoms with van der Waals surface area (Å²) in [6.45, 7) is 7.02. The van der Waals surface area contributed by atoms with Crippen LogP contribution in [0.15, 0.2) is 18.5 Å². The normalized spacial score (nSPS) is 12.3. The van der Waals surface area contributed by atoms with Crippen molar-refractivity contribution in [1.29, 1.82) is 0 Å². The summed E-state index contributed by atoms with van der Waals surface area (Å²) in [6.07, 6.45) is 5.51. The Bertz CT molecular complexity index is 572. The van der Waals surface area contributed by atoms with Crippen molar-refractivity contribution >= 4 is 11.7 Å². The van der Waals surface area contributed by atoms with E-state index in [-0.39, 0.29) is 5.91 Å². The Labute approximate surface area is 118 Å². The zero-order valence-electron chi connectivity index (χ0n) is 12.2. The third kappa shape index (κ3) is 3.26. The molecule has 2 rings (SSSR count). The molecule has 20 heavy (non-hydrogen) atoms. The molecule has 0 bridgehead atoms. The highest BCUT2D eigenvalue weighted by atomic mass is 16.1. The van der Waals surface area contributed by atoms with Crippen LogP contribution in [0.5, 0.6) is 0 Å². The van der Waals surface area contributed by atoms with Crippen LogP contribution < -0.4 is 5.32 Å². The largest absolute Gasteiger partial charge is 0.305 e. The molecule has 0 saturated carbocycles. The fourth-order valence-electron chi connectivity index (χ4n) is 2.08. The van der Waals surface area contributed by atoms with Gasteiger partial charge in [0.2, 0.25) is 0 Å². The van der Waals surface area contributed by atoms with Crippen LogP contribution in [0.2, 0.25) is 0 Å². The van der Waals surface area contributed by atoms with Gasteiger partial charge in [-0.2, -0.15) is 10.2 Å². The number of aryl methyl sites for hydroxylation is 1. The number of aromatic amines is 1. The van der Waals surface area contributed by atoms with Crippen molar-refractivity contribution in [2.24, 2.45) is 0 Å². The van der Waals surface area contributed by atoms with Gasteiger partial charge in [0, 0.05) is 24.5 Å². The summed E-state index contributed by atoms with van der Waals surface area (Å²) in [5.41, 5.74) is 1.59. The molecule has 108 valence electrons. The molecule has 0 aliphatic heterocycles. The topological polar surface area (TPSA) is 75.6 Å². The van der Waals surface area contributed by atoms with E-state index in [1.165, 1.54) is 0 Å². The zero-order chi connectivity index (χ0) is 14.5. The Morgan fingerprint density at radius 1 is 1.50 bits per heavy atom. The summed E-state index contributed by atoms with van der Waals surface area (Å²) in [6, 6.07) is 1.89. The van der Waals surface area contributed by atoms with Gasteiger partial charge in [-0.15, -0.1) is 0 Å². The smallest absolute Gasteiger partial charge is 0.260 e. The summed E-state index contributed by atoms with van der Waals surface area (Å²) in [5, 5.41) is 14.0. The molecule has 0 radical (unpaired) electrons. The molecule has 0 aliphatic rings. The fraction of sp³-hybridized carbons (Fsp3) is 0.500. The highest BCUT2D eigenvalue weighted by Gasteiger charge is 2.12. The summed E-state index contributed by atoms with van der Waals surface area (Å²) in [4.78, 5) is 12.0. The molecule has 0 fully saturated rings. The molecular formula is C14H21N5O. The number of rotatable bonds is 6. The van der Waals surface area contributed by atoms with Gasteiger partial charge in [-0.05, 0) is 19.3 Å². The van der Waals surface area contributed by atoms with Crippen molar-refractivity contribution in [1.82, 2.24) is 20.0 Å². The Kier molecular flexibility index (Phi) is 4.55.